The summed E-state index contributed by atoms with van der Waals surface area (Å²) in [6, 6.07) is 7.62. The van der Waals surface area contributed by atoms with Crippen molar-refractivity contribution < 1.29 is 4.39 Å². The van der Waals surface area contributed by atoms with Gasteiger partial charge in [0.05, 0.1) is 0 Å². The molecule has 2 rings (SSSR count). The highest BCUT2D eigenvalue weighted by molar-refractivity contribution is 5.52. The maximum Gasteiger partial charge on any atom is 0.127 e. The highest BCUT2D eigenvalue weighted by Crippen LogP contribution is 2.31. The third kappa shape index (κ3) is 1.29. The molecule has 0 amide bonds. The molecule has 1 nitrogen and oxygen atoms in total. The number of benzene rings is 1. The van der Waals surface area contributed by atoms with Crippen molar-refractivity contribution in [1.82, 2.24) is 0 Å². The molecule has 64 valence electrons. The predicted octanol–water partition coefficient (Wildman–Crippen LogP) is 2.90. The molecule has 1 aliphatic rings. The topological polar surface area (TPSA) is 12.0 Å². The second-order valence-corrected chi connectivity index (χ2v) is 3.12. The first kappa shape index (κ1) is 7.59. The van der Waals surface area contributed by atoms with Crippen LogP contribution >= 0.6 is 0 Å². The molecule has 0 aromatic heterocycles. The minimum atomic E-state index is -0.781. The van der Waals surface area contributed by atoms with Crippen molar-refractivity contribution in [2.75, 3.05) is 11.9 Å². The summed E-state index contributed by atoms with van der Waals surface area (Å²) in [7, 11) is 0. The second-order valence-electron chi connectivity index (χ2n) is 3.12. The summed E-state index contributed by atoms with van der Waals surface area (Å²) < 4.78 is 13.4. The maximum absolute atomic E-state index is 13.4. The Bertz CT molecular complexity index is 272. The minimum absolute atomic E-state index is 0.643. The maximum atomic E-state index is 13.4. The van der Waals surface area contributed by atoms with Crippen LogP contribution in [0.15, 0.2) is 24.3 Å². The molecule has 1 heterocycles. The van der Waals surface area contributed by atoms with Gasteiger partial charge in [-0.15, -0.1) is 0 Å². The highest BCUT2D eigenvalue weighted by Gasteiger charge is 2.16. The summed E-state index contributed by atoms with van der Waals surface area (Å²) >= 11 is 0. The fourth-order valence-corrected chi connectivity index (χ4v) is 1.59. The number of para-hydroxylation sites is 1. The summed E-state index contributed by atoms with van der Waals surface area (Å²) in [5.41, 5.74) is 1.78. The summed E-state index contributed by atoms with van der Waals surface area (Å²) in [5, 5.41) is 3.22. The van der Waals surface area contributed by atoms with Gasteiger partial charge in [0.1, 0.15) is 6.17 Å². The summed E-state index contributed by atoms with van der Waals surface area (Å²) in [5.74, 6) is 0. The lowest BCUT2D eigenvalue weighted by Crippen LogP contribution is -1.98. The molecule has 0 saturated heterocycles. The zero-order valence-corrected chi connectivity index (χ0v) is 6.89. The van der Waals surface area contributed by atoms with Crippen LogP contribution in [0.5, 0.6) is 0 Å². The molecular weight excluding hydrogens is 153 g/mol. The molecule has 1 N–H and O–H groups in total. The Kier molecular flexibility index (Phi) is 1.98. The van der Waals surface area contributed by atoms with Crippen molar-refractivity contribution in [1.29, 1.82) is 0 Å². The fourth-order valence-electron chi connectivity index (χ4n) is 1.59. The second kappa shape index (κ2) is 3.13. The van der Waals surface area contributed by atoms with E-state index in [4.69, 9.17) is 0 Å². The van der Waals surface area contributed by atoms with Gasteiger partial charge >= 0.3 is 0 Å². The number of nitrogens with one attached hydrogen (secondary N) is 1. The van der Waals surface area contributed by atoms with E-state index in [-0.39, 0.29) is 0 Å². The lowest BCUT2D eigenvalue weighted by molar-refractivity contribution is 0.324. The van der Waals surface area contributed by atoms with Gasteiger partial charge in [-0.05, 0) is 18.9 Å². The molecule has 12 heavy (non-hydrogen) atoms. The van der Waals surface area contributed by atoms with Crippen molar-refractivity contribution in [2.45, 2.75) is 19.0 Å². The molecule has 0 saturated carbocycles. The van der Waals surface area contributed by atoms with Gasteiger partial charge < -0.3 is 5.32 Å². The van der Waals surface area contributed by atoms with Gasteiger partial charge in [0.15, 0.2) is 0 Å². The largest absolute Gasteiger partial charge is 0.385 e. The van der Waals surface area contributed by atoms with Crippen molar-refractivity contribution in [2.24, 2.45) is 0 Å². The minimum Gasteiger partial charge on any atom is -0.385 e. The molecule has 0 fully saturated rings. The van der Waals surface area contributed by atoms with Crippen molar-refractivity contribution in [3.63, 3.8) is 0 Å². The van der Waals surface area contributed by atoms with Crippen LogP contribution in [0.25, 0.3) is 0 Å². The smallest absolute Gasteiger partial charge is 0.127 e. The quantitative estimate of drug-likeness (QED) is 0.623. The van der Waals surface area contributed by atoms with E-state index < -0.39 is 6.17 Å². The summed E-state index contributed by atoms with van der Waals surface area (Å²) in [6.45, 7) is 0.886. The van der Waals surface area contributed by atoms with Crippen LogP contribution < -0.4 is 5.32 Å². The van der Waals surface area contributed by atoms with Crippen LogP contribution in [-0.4, -0.2) is 6.54 Å². The van der Waals surface area contributed by atoms with Gasteiger partial charge in [0, 0.05) is 17.8 Å². The standard InChI is InChI=1S/C10H12FN/c11-9-5-3-7-12-10-6-2-1-4-8(9)10/h1-2,4,6,9,12H,3,5,7H2. The molecule has 0 radical (unpaired) electrons. The first-order valence-corrected chi connectivity index (χ1v) is 4.35. The number of rotatable bonds is 0. The van der Waals surface area contributed by atoms with Crippen LogP contribution in [0.1, 0.15) is 24.6 Å². The number of fused-ring (bicyclic) bond motifs is 1. The highest BCUT2D eigenvalue weighted by atomic mass is 19.1. The summed E-state index contributed by atoms with van der Waals surface area (Å²) in [4.78, 5) is 0. The molecule has 1 unspecified atom stereocenters. The van der Waals surface area contributed by atoms with Crippen LogP contribution in [0.2, 0.25) is 0 Å². The monoisotopic (exact) mass is 165 g/mol. The normalized spacial score (nSPS) is 22.2. The predicted molar refractivity (Wildman–Crippen MR) is 48.0 cm³/mol. The Hall–Kier alpha value is -1.05. The van der Waals surface area contributed by atoms with Gasteiger partial charge in [-0.2, -0.15) is 0 Å². The summed E-state index contributed by atoms with van der Waals surface area (Å²) in [6.07, 6.45) is 0.774. The van der Waals surface area contributed by atoms with Crippen LogP contribution in [0.4, 0.5) is 10.1 Å². The van der Waals surface area contributed by atoms with Crippen LogP contribution in [-0.2, 0) is 0 Å². The molecule has 1 atom stereocenters. The van der Waals surface area contributed by atoms with Gasteiger partial charge in [-0.3, -0.25) is 0 Å². The molecule has 0 aliphatic carbocycles. The Balaban J connectivity index is 2.39. The number of alkyl halides is 1. The van der Waals surface area contributed by atoms with Gasteiger partial charge in [0.25, 0.3) is 0 Å². The number of hydrogen-bond donors (Lipinski definition) is 1. The van der Waals surface area contributed by atoms with Crippen molar-refractivity contribution in [3.8, 4) is 0 Å². The van der Waals surface area contributed by atoms with E-state index in [0.717, 1.165) is 24.2 Å². The van der Waals surface area contributed by atoms with Gasteiger partial charge in [0.2, 0.25) is 0 Å². The van der Waals surface area contributed by atoms with Crippen LogP contribution in [0.3, 0.4) is 0 Å². The first-order valence-electron chi connectivity index (χ1n) is 4.35. The van der Waals surface area contributed by atoms with E-state index in [1.807, 2.05) is 24.3 Å². The molecular formula is C10H12FN. The number of halogens is 1. The average Bonchev–Trinajstić information content (AvgIpc) is 2.29. The zero-order chi connectivity index (χ0) is 8.39. The Morgan fingerprint density at radius 3 is 3.08 bits per heavy atom. The molecule has 2 heteroatoms. The van der Waals surface area contributed by atoms with E-state index in [0.29, 0.717) is 6.42 Å². The molecule has 0 bridgehead atoms. The van der Waals surface area contributed by atoms with Gasteiger partial charge in [-0.1, -0.05) is 18.2 Å². The van der Waals surface area contributed by atoms with Crippen molar-refractivity contribution in [3.05, 3.63) is 29.8 Å². The lowest BCUT2D eigenvalue weighted by atomic mass is 10.1. The molecule has 1 aromatic rings. The van der Waals surface area contributed by atoms with E-state index >= 15 is 0 Å². The fraction of sp³-hybridized carbons (Fsp3) is 0.400. The molecule has 0 spiro atoms. The first-order chi connectivity index (χ1) is 5.88. The van der Waals surface area contributed by atoms with Crippen LogP contribution in [0, 0.1) is 0 Å². The third-order valence-electron chi connectivity index (χ3n) is 2.25. The number of hydrogen-bond acceptors (Lipinski definition) is 1. The molecule has 1 aliphatic heterocycles. The van der Waals surface area contributed by atoms with E-state index in [1.165, 1.54) is 0 Å². The van der Waals surface area contributed by atoms with Gasteiger partial charge in [-0.25, -0.2) is 4.39 Å². The van der Waals surface area contributed by atoms with E-state index in [9.17, 15) is 4.39 Å². The third-order valence-corrected chi connectivity index (χ3v) is 2.25. The van der Waals surface area contributed by atoms with E-state index in [1.54, 1.807) is 0 Å². The number of anilines is 1. The Morgan fingerprint density at radius 1 is 1.33 bits per heavy atom. The zero-order valence-electron chi connectivity index (χ0n) is 6.89. The lowest BCUT2D eigenvalue weighted by Gasteiger charge is -2.08. The average molecular weight is 165 g/mol. The van der Waals surface area contributed by atoms with E-state index in [2.05, 4.69) is 5.32 Å². The molecule has 1 aromatic carbocycles. The van der Waals surface area contributed by atoms with Crippen molar-refractivity contribution >= 4 is 5.69 Å². The SMILES string of the molecule is FC1CCCNc2ccccc21. The Labute approximate surface area is 71.6 Å². The Morgan fingerprint density at radius 2 is 2.17 bits per heavy atom.